The van der Waals surface area contributed by atoms with Crippen LogP contribution in [0.4, 0.5) is 0 Å². The lowest BCUT2D eigenvalue weighted by Gasteiger charge is -2.32. The fourth-order valence-corrected chi connectivity index (χ4v) is 2.59. The fourth-order valence-electron chi connectivity index (χ4n) is 2.59. The third kappa shape index (κ3) is 3.55. The molecule has 0 amide bonds. The quantitative estimate of drug-likeness (QED) is 0.867. The standard InChI is InChI=1S/C15H22O2/c1-12-6-5-9-14(15(12)16)11-17-10-13-7-3-2-4-8-13/h2-4,7-8,12,14-16H,5-6,9-11H2,1H3/t12-,14+,15+/m0/s1. The van der Waals surface area contributed by atoms with Gasteiger partial charge in [0.05, 0.1) is 19.3 Å². The Hall–Kier alpha value is -0.860. The van der Waals surface area contributed by atoms with Crippen LogP contribution >= 0.6 is 0 Å². The van der Waals surface area contributed by atoms with Crippen molar-refractivity contribution in [3.63, 3.8) is 0 Å². The van der Waals surface area contributed by atoms with Gasteiger partial charge in [0.2, 0.25) is 0 Å². The van der Waals surface area contributed by atoms with E-state index in [9.17, 15) is 5.11 Å². The van der Waals surface area contributed by atoms with E-state index in [-0.39, 0.29) is 6.10 Å². The van der Waals surface area contributed by atoms with Crippen LogP contribution in [0.15, 0.2) is 30.3 Å². The van der Waals surface area contributed by atoms with Gasteiger partial charge in [0.25, 0.3) is 0 Å². The smallest absolute Gasteiger partial charge is 0.0717 e. The zero-order valence-corrected chi connectivity index (χ0v) is 10.5. The van der Waals surface area contributed by atoms with E-state index in [1.165, 1.54) is 12.0 Å². The number of rotatable bonds is 4. The van der Waals surface area contributed by atoms with Crippen molar-refractivity contribution in [3.05, 3.63) is 35.9 Å². The van der Waals surface area contributed by atoms with E-state index >= 15 is 0 Å². The zero-order valence-electron chi connectivity index (χ0n) is 10.5. The first-order valence-electron chi connectivity index (χ1n) is 6.57. The van der Waals surface area contributed by atoms with E-state index in [0.29, 0.717) is 25.0 Å². The van der Waals surface area contributed by atoms with Crippen LogP contribution in [0.5, 0.6) is 0 Å². The lowest BCUT2D eigenvalue weighted by molar-refractivity contribution is -0.0263. The van der Waals surface area contributed by atoms with Gasteiger partial charge in [0.15, 0.2) is 0 Å². The summed E-state index contributed by atoms with van der Waals surface area (Å²) < 4.78 is 5.72. The van der Waals surface area contributed by atoms with Crippen molar-refractivity contribution in [1.29, 1.82) is 0 Å². The van der Waals surface area contributed by atoms with Crippen LogP contribution in [0.2, 0.25) is 0 Å². The number of ether oxygens (including phenoxy) is 1. The molecule has 0 spiro atoms. The molecule has 0 radical (unpaired) electrons. The van der Waals surface area contributed by atoms with E-state index in [1.54, 1.807) is 0 Å². The van der Waals surface area contributed by atoms with Crippen molar-refractivity contribution in [1.82, 2.24) is 0 Å². The summed E-state index contributed by atoms with van der Waals surface area (Å²) in [5.74, 6) is 0.747. The summed E-state index contributed by atoms with van der Waals surface area (Å²) in [7, 11) is 0. The Morgan fingerprint density at radius 2 is 2.00 bits per heavy atom. The summed E-state index contributed by atoms with van der Waals surface area (Å²) in [5.41, 5.74) is 1.20. The molecule has 2 nitrogen and oxygen atoms in total. The topological polar surface area (TPSA) is 29.5 Å². The summed E-state index contributed by atoms with van der Waals surface area (Å²) in [6.45, 7) is 3.47. The highest BCUT2D eigenvalue weighted by Crippen LogP contribution is 2.29. The monoisotopic (exact) mass is 234 g/mol. The van der Waals surface area contributed by atoms with E-state index in [4.69, 9.17) is 4.74 Å². The number of aliphatic hydroxyl groups is 1. The first kappa shape index (κ1) is 12.6. The molecule has 1 fully saturated rings. The summed E-state index contributed by atoms with van der Waals surface area (Å²) in [6, 6.07) is 10.2. The highest BCUT2D eigenvalue weighted by molar-refractivity contribution is 5.13. The second kappa shape index (κ2) is 6.18. The van der Waals surface area contributed by atoms with E-state index in [1.807, 2.05) is 18.2 Å². The molecule has 2 rings (SSSR count). The Morgan fingerprint density at radius 3 is 2.76 bits per heavy atom. The molecule has 0 bridgehead atoms. The minimum Gasteiger partial charge on any atom is -0.392 e. The van der Waals surface area contributed by atoms with Gasteiger partial charge in [-0.2, -0.15) is 0 Å². The van der Waals surface area contributed by atoms with E-state index in [2.05, 4.69) is 19.1 Å². The molecule has 0 aliphatic heterocycles. The largest absolute Gasteiger partial charge is 0.392 e. The van der Waals surface area contributed by atoms with Crippen LogP contribution in [0.25, 0.3) is 0 Å². The third-order valence-corrected chi connectivity index (χ3v) is 3.74. The van der Waals surface area contributed by atoms with E-state index in [0.717, 1.165) is 12.8 Å². The minimum absolute atomic E-state index is 0.181. The van der Waals surface area contributed by atoms with Crippen LogP contribution in [-0.2, 0) is 11.3 Å². The lowest BCUT2D eigenvalue weighted by Crippen LogP contribution is -2.34. The molecule has 0 heterocycles. The average Bonchev–Trinajstić information content (AvgIpc) is 2.36. The van der Waals surface area contributed by atoms with Crippen molar-refractivity contribution < 1.29 is 9.84 Å². The summed E-state index contributed by atoms with van der Waals surface area (Å²) in [6.07, 6.45) is 3.29. The molecule has 1 saturated carbocycles. The van der Waals surface area contributed by atoms with Gasteiger partial charge < -0.3 is 9.84 Å². The molecule has 17 heavy (non-hydrogen) atoms. The molecule has 0 aromatic heterocycles. The van der Waals surface area contributed by atoms with Gasteiger partial charge in [-0.15, -0.1) is 0 Å². The van der Waals surface area contributed by atoms with Gasteiger partial charge in [0, 0.05) is 5.92 Å². The SMILES string of the molecule is C[C@H]1CCC[C@H](COCc2ccccc2)[C@@H]1O. The molecule has 1 N–H and O–H groups in total. The summed E-state index contributed by atoms with van der Waals surface area (Å²) >= 11 is 0. The number of hydrogen-bond acceptors (Lipinski definition) is 2. The first-order chi connectivity index (χ1) is 8.27. The predicted octanol–water partition coefficient (Wildman–Crippen LogP) is 3.00. The van der Waals surface area contributed by atoms with Gasteiger partial charge in [-0.1, -0.05) is 43.7 Å². The molecule has 1 aliphatic carbocycles. The second-order valence-electron chi connectivity index (χ2n) is 5.16. The highest BCUT2D eigenvalue weighted by atomic mass is 16.5. The molecular weight excluding hydrogens is 212 g/mol. The fraction of sp³-hybridized carbons (Fsp3) is 0.600. The van der Waals surface area contributed by atoms with Gasteiger partial charge in [-0.25, -0.2) is 0 Å². The lowest BCUT2D eigenvalue weighted by atomic mass is 9.80. The molecule has 94 valence electrons. The van der Waals surface area contributed by atoms with Crippen molar-refractivity contribution in [2.24, 2.45) is 11.8 Å². The molecule has 3 atom stereocenters. The van der Waals surface area contributed by atoms with Crippen molar-refractivity contribution in [2.75, 3.05) is 6.61 Å². The molecule has 1 aromatic rings. The maximum Gasteiger partial charge on any atom is 0.0717 e. The van der Waals surface area contributed by atoms with Gasteiger partial charge in [-0.3, -0.25) is 0 Å². The number of aliphatic hydroxyl groups excluding tert-OH is 1. The Balaban J connectivity index is 1.75. The van der Waals surface area contributed by atoms with Crippen molar-refractivity contribution in [2.45, 2.75) is 38.9 Å². The van der Waals surface area contributed by atoms with Crippen LogP contribution in [-0.4, -0.2) is 17.8 Å². The molecule has 0 unspecified atom stereocenters. The Kier molecular flexibility index (Phi) is 4.57. The second-order valence-corrected chi connectivity index (χ2v) is 5.16. The van der Waals surface area contributed by atoms with Crippen LogP contribution in [0.1, 0.15) is 31.7 Å². The van der Waals surface area contributed by atoms with Crippen LogP contribution < -0.4 is 0 Å². The van der Waals surface area contributed by atoms with Gasteiger partial charge >= 0.3 is 0 Å². The Bertz CT molecular complexity index is 323. The minimum atomic E-state index is -0.181. The Labute approximate surface area is 104 Å². The van der Waals surface area contributed by atoms with E-state index < -0.39 is 0 Å². The summed E-state index contributed by atoms with van der Waals surface area (Å²) in [5, 5.41) is 10.1. The zero-order chi connectivity index (χ0) is 12.1. The van der Waals surface area contributed by atoms with Crippen molar-refractivity contribution in [3.8, 4) is 0 Å². The van der Waals surface area contributed by atoms with Crippen LogP contribution in [0.3, 0.4) is 0 Å². The molecule has 1 aliphatic rings. The molecule has 2 heteroatoms. The molecule has 0 saturated heterocycles. The van der Waals surface area contributed by atoms with Gasteiger partial charge in [-0.05, 0) is 24.3 Å². The number of benzene rings is 1. The average molecular weight is 234 g/mol. The van der Waals surface area contributed by atoms with Crippen molar-refractivity contribution >= 4 is 0 Å². The highest BCUT2D eigenvalue weighted by Gasteiger charge is 2.28. The molecular formula is C15H22O2. The van der Waals surface area contributed by atoms with Crippen LogP contribution in [0, 0.1) is 11.8 Å². The summed E-state index contributed by atoms with van der Waals surface area (Å²) in [4.78, 5) is 0. The maximum absolute atomic E-state index is 10.1. The first-order valence-corrected chi connectivity index (χ1v) is 6.57. The number of hydrogen-bond donors (Lipinski definition) is 1. The third-order valence-electron chi connectivity index (χ3n) is 3.74. The molecule has 1 aromatic carbocycles. The maximum atomic E-state index is 10.1. The van der Waals surface area contributed by atoms with Gasteiger partial charge in [0.1, 0.15) is 0 Å². The Morgan fingerprint density at radius 1 is 1.24 bits per heavy atom. The predicted molar refractivity (Wildman–Crippen MR) is 68.6 cm³/mol. The normalized spacial score (nSPS) is 29.2.